The van der Waals surface area contributed by atoms with Crippen molar-refractivity contribution >= 4 is 57.9 Å². The first-order chi connectivity index (χ1) is 19.1. The zero-order valence-corrected chi connectivity index (χ0v) is 23.3. The summed E-state index contributed by atoms with van der Waals surface area (Å²) in [4.78, 5) is 27.5. The van der Waals surface area contributed by atoms with Gasteiger partial charge in [-0.15, -0.1) is 0 Å². The summed E-state index contributed by atoms with van der Waals surface area (Å²) in [6.45, 7) is 7.02. The van der Waals surface area contributed by atoms with E-state index in [1.807, 2.05) is 53.7 Å². The number of H-pyrrole nitrogens is 1. The highest BCUT2D eigenvalue weighted by Crippen LogP contribution is 2.47. The number of anilines is 1. The van der Waals surface area contributed by atoms with Gasteiger partial charge in [0.25, 0.3) is 0 Å². The smallest absolute Gasteiger partial charge is 0.147 e. The Bertz CT molecular complexity index is 1530. The molecule has 1 aliphatic carbocycles. The lowest BCUT2D eigenvalue weighted by Crippen LogP contribution is -2.39. The summed E-state index contributed by atoms with van der Waals surface area (Å²) in [5.74, 6) is 1.81. The van der Waals surface area contributed by atoms with Crippen LogP contribution in [0.1, 0.15) is 49.9 Å². The van der Waals surface area contributed by atoms with Crippen LogP contribution in [0.3, 0.4) is 0 Å². The molecule has 7 rings (SSSR count). The number of fused-ring (bicyclic) bond motifs is 2. The summed E-state index contributed by atoms with van der Waals surface area (Å²) in [6.07, 6.45) is 13.7. The molecule has 4 heterocycles. The van der Waals surface area contributed by atoms with Crippen LogP contribution in [-0.4, -0.2) is 44.3 Å². The van der Waals surface area contributed by atoms with Gasteiger partial charge in [0, 0.05) is 29.2 Å². The lowest BCUT2D eigenvalue weighted by molar-refractivity contribution is 0.226. The SMILES string of the molecule is C=C1c2c(ccc(Sc3cnc(N4CCC5(CCCC5)CC4)cn3)c2Cl)N=CN1Cc1nc2ccccc2[nH]1. The summed E-state index contributed by atoms with van der Waals surface area (Å²) in [6, 6.07) is 12.0. The molecule has 1 saturated carbocycles. The molecule has 0 atom stereocenters. The molecule has 9 heteroatoms. The lowest BCUT2D eigenvalue weighted by atomic mass is 9.77. The van der Waals surface area contributed by atoms with E-state index in [0.29, 0.717) is 17.0 Å². The summed E-state index contributed by atoms with van der Waals surface area (Å²) in [5.41, 5.74) is 4.97. The molecule has 198 valence electrons. The highest BCUT2D eigenvalue weighted by Gasteiger charge is 2.37. The van der Waals surface area contributed by atoms with Crippen molar-refractivity contribution < 1.29 is 0 Å². The van der Waals surface area contributed by atoms with Crippen LogP contribution >= 0.6 is 23.4 Å². The van der Waals surface area contributed by atoms with Gasteiger partial charge in [0.15, 0.2) is 0 Å². The monoisotopic (exact) mass is 555 g/mol. The van der Waals surface area contributed by atoms with Crippen LogP contribution in [0.25, 0.3) is 16.7 Å². The van der Waals surface area contributed by atoms with Gasteiger partial charge in [-0.2, -0.15) is 0 Å². The average Bonchev–Trinajstić information content (AvgIpc) is 3.59. The van der Waals surface area contributed by atoms with Crippen molar-refractivity contribution in [2.75, 3.05) is 18.0 Å². The predicted octanol–water partition coefficient (Wildman–Crippen LogP) is 7.46. The minimum absolute atomic E-state index is 0.523. The van der Waals surface area contributed by atoms with Crippen LogP contribution in [-0.2, 0) is 6.54 Å². The molecule has 4 aromatic rings. The molecule has 1 N–H and O–H groups in total. The van der Waals surface area contributed by atoms with Gasteiger partial charge in [-0.25, -0.2) is 19.9 Å². The average molecular weight is 556 g/mol. The van der Waals surface area contributed by atoms with Crippen LogP contribution in [0.4, 0.5) is 11.5 Å². The molecule has 0 bridgehead atoms. The molecular formula is C30H30ClN7S. The fourth-order valence-corrected chi connectivity index (χ4v) is 7.35. The Morgan fingerprint density at radius 1 is 1.00 bits per heavy atom. The number of nitrogens with zero attached hydrogens (tertiary/aromatic N) is 6. The largest absolute Gasteiger partial charge is 0.355 e. The molecular weight excluding hydrogens is 526 g/mol. The molecule has 0 unspecified atom stereocenters. The molecule has 0 radical (unpaired) electrons. The van der Waals surface area contributed by atoms with Gasteiger partial charge in [-0.1, -0.05) is 54.9 Å². The Hall–Kier alpha value is -3.36. The number of aromatic nitrogens is 4. The first kappa shape index (κ1) is 24.7. The number of aliphatic imine (C=N–C) groups is 1. The normalized spacial score (nSPS) is 18.3. The maximum atomic E-state index is 6.95. The number of hydrogen-bond acceptors (Lipinski definition) is 7. The number of benzene rings is 2. The summed E-state index contributed by atoms with van der Waals surface area (Å²) < 4.78 is 0. The Morgan fingerprint density at radius 2 is 1.82 bits per heavy atom. The molecule has 2 aromatic carbocycles. The third-order valence-corrected chi connectivity index (χ3v) is 9.94. The van der Waals surface area contributed by atoms with Gasteiger partial charge in [0.1, 0.15) is 16.7 Å². The van der Waals surface area contributed by atoms with Crippen molar-refractivity contribution in [1.29, 1.82) is 0 Å². The highest BCUT2D eigenvalue weighted by molar-refractivity contribution is 7.99. The van der Waals surface area contributed by atoms with E-state index in [-0.39, 0.29) is 0 Å². The second-order valence-corrected chi connectivity index (χ2v) is 12.2. The van der Waals surface area contributed by atoms with Crippen molar-refractivity contribution in [3.63, 3.8) is 0 Å². The topological polar surface area (TPSA) is 73.3 Å². The summed E-state index contributed by atoms with van der Waals surface area (Å²) in [7, 11) is 0. The number of rotatable bonds is 5. The third kappa shape index (κ3) is 4.70. The minimum atomic E-state index is 0.523. The van der Waals surface area contributed by atoms with E-state index in [1.54, 1.807) is 6.34 Å². The Morgan fingerprint density at radius 3 is 2.59 bits per heavy atom. The second kappa shape index (κ2) is 9.99. The molecule has 2 aliphatic heterocycles. The van der Waals surface area contributed by atoms with Gasteiger partial charge in [0.05, 0.1) is 47.0 Å². The Labute approximate surface area is 237 Å². The minimum Gasteiger partial charge on any atom is -0.355 e. The van der Waals surface area contributed by atoms with Gasteiger partial charge < -0.3 is 14.8 Å². The van der Waals surface area contributed by atoms with E-state index in [1.165, 1.54) is 50.3 Å². The van der Waals surface area contributed by atoms with Gasteiger partial charge in [-0.05, 0) is 55.4 Å². The first-order valence-corrected chi connectivity index (χ1v) is 14.8. The van der Waals surface area contributed by atoms with E-state index < -0.39 is 0 Å². The van der Waals surface area contributed by atoms with Crippen LogP contribution in [0, 0.1) is 5.41 Å². The van der Waals surface area contributed by atoms with Gasteiger partial charge in [-0.3, -0.25) is 0 Å². The van der Waals surface area contributed by atoms with Crippen LogP contribution in [0.5, 0.6) is 0 Å². The predicted molar refractivity (Wildman–Crippen MR) is 159 cm³/mol. The number of aromatic amines is 1. The molecule has 7 nitrogen and oxygen atoms in total. The van der Waals surface area contributed by atoms with Gasteiger partial charge >= 0.3 is 0 Å². The molecule has 2 aromatic heterocycles. The number of imidazole rings is 1. The first-order valence-electron chi connectivity index (χ1n) is 13.6. The van der Waals surface area contributed by atoms with Crippen molar-refractivity contribution in [3.05, 3.63) is 71.8 Å². The van der Waals surface area contributed by atoms with Crippen LogP contribution in [0.2, 0.25) is 5.02 Å². The number of hydrogen-bond donors (Lipinski definition) is 1. The molecule has 0 amide bonds. The third-order valence-electron chi connectivity index (χ3n) is 8.46. The van der Waals surface area contributed by atoms with Crippen molar-refractivity contribution in [3.8, 4) is 0 Å². The van der Waals surface area contributed by atoms with E-state index in [0.717, 1.165) is 62.6 Å². The van der Waals surface area contributed by atoms with Gasteiger partial charge in [0.2, 0.25) is 0 Å². The second-order valence-electron chi connectivity index (χ2n) is 10.8. The number of halogens is 1. The van der Waals surface area contributed by atoms with E-state index in [2.05, 4.69) is 21.5 Å². The molecule has 1 saturated heterocycles. The molecule has 2 fully saturated rings. The Kier molecular flexibility index (Phi) is 6.32. The van der Waals surface area contributed by atoms with E-state index in [4.69, 9.17) is 26.6 Å². The zero-order chi connectivity index (χ0) is 26.4. The number of para-hydroxylation sites is 2. The highest BCUT2D eigenvalue weighted by atomic mass is 35.5. The summed E-state index contributed by atoms with van der Waals surface area (Å²) in [5, 5.41) is 1.44. The fraction of sp³-hybridized carbons (Fsp3) is 0.333. The lowest BCUT2D eigenvalue weighted by Gasteiger charge is -2.39. The van der Waals surface area contributed by atoms with Crippen molar-refractivity contribution in [1.82, 2.24) is 24.8 Å². The standard InChI is InChI=1S/C30H30ClN7S/c1-20-28-23(34-19-38(20)18-25-35-21-6-2-3-7-22(21)36-25)8-9-24(29(28)31)39-27-17-32-26(16-33-27)37-14-12-30(13-15-37)10-4-5-11-30/h2-3,6-9,16-17,19H,1,4-5,10-15,18H2,(H,35,36). The molecule has 1 spiro atoms. The van der Waals surface area contributed by atoms with Crippen molar-refractivity contribution in [2.24, 2.45) is 10.4 Å². The van der Waals surface area contributed by atoms with E-state index in [9.17, 15) is 0 Å². The van der Waals surface area contributed by atoms with Crippen LogP contribution in [0.15, 0.2) is 70.3 Å². The van der Waals surface area contributed by atoms with Crippen molar-refractivity contribution in [2.45, 2.75) is 55.0 Å². The van der Waals surface area contributed by atoms with E-state index >= 15 is 0 Å². The number of piperidine rings is 1. The maximum Gasteiger partial charge on any atom is 0.147 e. The summed E-state index contributed by atoms with van der Waals surface area (Å²) >= 11 is 8.47. The Balaban J connectivity index is 1.05. The maximum absolute atomic E-state index is 6.95. The van der Waals surface area contributed by atoms with Crippen LogP contribution < -0.4 is 4.90 Å². The fourth-order valence-electron chi connectivity index (χ4n) is 6.20. The molecule has 39 heavy (non-hydrogen) atoms. The quantitative estimate of drug-likeness (QED) is 0.275. The molecule has 3 aliphatic rings. The number of nitrogens with one attached hydrogen (secondary N) is 1. The zero-order valence-electron chi connectivity index (χ0n) is 21.7.